The van der Waals surface area contributed by atoms with E-state index in [0.29, 0.717) is 25.3 Å². The van der Waals surface area contributed by atoms with Gasteiger partial charge in [-0.05, 0) is 42.7 Å². The molecule has 0 radical (unpaired) electrons. The summed E-state index contributed by atoms with van der Waals surface area (Å²) >= 11 is 0. The van der Waals surface area contributed by atoms with Gasteiger partial charge in [-0.15, -0.1) is 0 Å². The molecule has 1 atom stereocenters. The second-order valence-electron chi connectivity index (χ2n) is 8.84. The maximum Gasteiger partial charge on any atom is 0.221 e. The molecule has 3 aromatic carbocycles. The Labute approximate surface area is 200 Å². The lowest BCUT2D eigenvalue weighted by Crippen LogP contribution is -2.28. The number of nitrogens with zero attached hydrogens (tertiary/aromatic N) is 1. The molecular weight excluding hydrogens is 427 g/mol. The maximum absolute atomic E-state index is 15.1. The number of aryl methyl sites for hydroxylation is 2. The number of hydrogen-bond acceptors (Lipinski definition) is 2. The van der Waals surface area contributed by atoms with E-state index in [4.69, 9.17) is 4.74 Å². The van der Waals surface area contributed by atoms with Crippen LogP contribution in [0.1, 0.15) is 40.2 Å². The number of rotatable bonds is 9. The van der Waals surface area contributed by atoms with Crippen LogP contribution in [0.2, 0.25) is 0 Å². The number of amides is 1. The number of benzene rings is 3. The average molecular weight is 459 g/mol. The quantitative estimate of drug-likeness (QED) is 0.326. The van der Waals surface area contributed by atoms with Gasteiger partial charge in [0.15, 0.2) is 0 Å². The zero-order valence-electron chi connectivity index (χ0n) is 20.0. The second kappa shape index (κ2) is 10.7. The van der Waals surface area contributed by atoms with Crippen molar-refractivity contribution in [2.75, 3.05) is 20.3 Å². The molecule has 4 aromatic rings. The van der Waals surface area contributed by atoms with E-state index in [1.807, 2.05) is 25.1 Å². The molecule has 1 amide bonds. The molecule has 1 N–H and O–H groups in total. The van der Waals surface area contributed by atoms with Gasteiger partial charge in [-0.1, -0.05) is 65.7 Å². The van der Waals surface area contributed by atoms with Gasteiger partial charge in [0.1, 0.15) is 5.82 Å². The minimum absolute atomic E-state index is 0.127. The number of ether oxygens (including phenoxy) is 1. The molecule has 34 heavy (non-hydrogen) atoms. The highest BCUT2D eigenvalue weighted by atomic mass is 19.1. The Morgan fingerprint density at radius 1 is 1.00 bits per heavy atom. The van der Waals surface area contributed by atoms with Crippen LogP contribution in [0.5, 0.6) is 0 Å². The zero-order valence-corrected chi connectivity index (χ0v) is 20.0. The van der Waals surface area contributed by atoms with Crippen molar-refractivity contribution < 1.29 is 13.9 Å². The van der Waals surface area contributed by atoms with E-state index in [2.05, 4.69) is 59.4 Å². The Bertz CT molecular complexity index is 1280. The number of para-hydroxylation sites is 1. The molecule has 0 aliphatic heterocycles. The first-order valence-corrected chi connectivity index (χ1v) is 11.6. The third-order valence-electron chi connectivity index (χ3n) is 6.21. The number of nitrogens with one attached hydrogen (secondary N) is 1. The van der Waals surface area contributed by atoms with Gasteiger partial charge in [-0.25, -0.2) is 4.39 Å². The smallest absolute Gasteiger partial charge is 0.221 e. The lowest BCUT2D eigenvalue weighted by Gasteiger charge is -2.18. The van der Waals surface area contributed by atoms with Crippen molar-refractivity contribution >= 4 is 16.8 Å². The molecule has 0 aliphatic rings. The second-order valence-corrected chi connectivity index (χ2v) is 8.84. The first kappa shape index (κ1) is 23.7. The topological polar surface area (TPSA) is 43.3 Å². The van der Waals surface area contributed by atoms with Crippen LogP contribution < -0.4 is 5.32 Å². The SMILES string of the molecule is COCCNC(=O)C[C@@H](c1cc(C)ccc1F)c1cn(Cc2ccc(C)cc2)c2ccccc12. The van der Waals surface area contributed by atoms with Crippen LogP contribution in [0.15, 0.2) is 72.9 Å². The molecule has 1 heterocycles. The van der Waals surface area contributed by atoms with E-state index in [0.717, 1.165) is 22.0 Å². The van der Waals surface area contributed by atoms with E-state index in [9.17, 15) is 4.79 Å². The lowest BCUT2D eigenvalue weighted by molar-refractivity contribution is -0.121. The zero-order chi connectivity index (χ0) is 24.1. The Balaban J connectivity index is 1.78. The molecule has 0 fully saturated rings. The van der Waals surface area contributed by atoms with Crippen LogP contribution in [0.4, 0.5) is 4.39 Å². The molecule has 0 spiro atoms. The van der Waals surface area contributed by atoms with Crippen molar-refractivity contribution in [3.63, 3.8) is 0 Å². The van der Waals surface area contributed by atoms with Crippen LogP contribution in [-0.2, 0) is 16.1 Å². The number of halogens is 1. The third kappa shape index (κ3) is 5.37. The Morgan fingerprint density at radius 2 is 1.74 bits per heavy atom. The highest BCUT2D eigenvalue weighted by Crippen LogP contribution is 2.36. The van der Waals surface area contributed by atoms with Crippen LogP contribution in [0.25, 0.3) is 10.9 Å². The van der Waals surface area contributed by atoms with Crippen LogP contribution in [0.3, 0.4) is 0 Å². The summed E-state index contributed by atoms with van der Waals surface area (Å²) in [4.78, 5) is 12.8. The summed E-state index contributed by atoms with van der Waals surface area (Å²) < 4.78 is 22.3. The van der Waals surface area contributed by atoms with Crippen molar-refractivity contribution in [1.82, 2.24) is 9.88 Å². The van der Waals surface area contributed by atoms with Crippen molar-refractivity contribution in [3.8, 4) is 0 Å². The van der Waals surface area contributed by atoms with Crippen molar-refractivity contribution in [3.05, 3.63) is 107 Å². The van der Waals surface area contributed by atoms with Crippen molar-refractivity contribution in [2.45, 2.75) is 32.7 Å². The van der Waals surface area contributed by atoms with E-state index >= 15 is 4.39 Å². The first-order valence-electron chi connectivity index (χ1n) is 11.6. The minimum atomic E-state index is -0.411. The average Bonchev–Trinajstić information content (AvgIpc) is 3.19. The van der Waals surface area contributed by atoms with E-state index < -0.39 is 5.92 Å². The summed E-state index contributed by atoms with van der Waals surface area (Å²) in [5.41, 5.74) is 5.93. The van der Waals surface area contributed by atoms with Crippen LogP contribution >= 0.6 is 0 Å². The van der Waals surface area contributed by atoms with Crippen molar-refractivity contribution in [2.24, 2.45) is 0 Å². The molecule has 1 aromatic heterocycles. The number of hydrogen-bond donors (Lipinski definition) is 1. The maximum atomic E-state index is 15.1. The van der Waals surface area contributed by atoms with E-state index in [-0.39, 0.29) is 18.1 Å². The highest BCUT2D eigenvalue weighted by molar-refractivity contribution is 5.87. The summed E-state index contributed by atoms with van der Waals surface area (Å²) in [6.07, 6.45) is 2.24. The molecular formula is C29H31FN2O2. The van der Waals surface area contributed by atoms with Crippen molar-refractivity contribution in [1.29, 1.82) is 0 Å². The minimum Gasteiger partial charge on any atom is -0.383 e. The Morgan fingerprint density at radius 3 is 2.50 bits per heavy atom. The van der Waals surface area contributed by atoms with Gasteiger partial charge in [0.05, 0.1) is 6.61 Å². The van der Waals surface area contributed by atoms with E-state index in [1.165, 1.54) is 17.2 Å². The summed E-state index contributed by atoms with van der Waals surface area (Å²) in [6.45, 7) is 5.58. The predicted molar refractivity (Wildman–Crippen MR) is 135 cm³/mol. The largest absolute Gasteiger partial charge is 0.383 e. The Kier molecular flexibility index (Phi) is 7.43. The highest BCUT2D eigenvalue weighted by Gasteiger charge is 2.25. The predicted octanol–water partition coefficient (Wildman–Crippen LogP) is 5.73. The van der Waals surface area contributed by atoms with Gasteiger partial charge < -0.3 is 14.6 Å². The monoisotopic (exact) mass is 458 g/mol. The fourth-order valence-electron chi connectivity index (χ4n) is 4.44. The molecule has 4 rings (SSSR count). The fourth-order valence-corrected chi connectivity index (χ4v) is 4.44. The van der Waals surface area contributed by atoms with Gasteiger partial charge in [-0.3, -0.25) is 4.79 Å². The molecule has 5 heteroatoms. The van der Waals surface area contributed by atoms with Gasteiger partial charge >= 0.3 is 0 Å². The molecule has 4 nitrogen and oxygen atoms in total. The third-order valence-corrected chi connectivity index (χ3v) is 6.21. The van der Waals surface area contributed by atoms with Gasteiger partial charge in [0.25, 0.3) is 0 Å². The number of carbonyl (C=O) groups excluding carboxylic acids is 1. The molecule has 0 unspecified atom stereocenters. The molecule has 0 aliphatic carbocycles. The molecule has 0 saturated heterocycles. The summed E-state index contributed by atoms with van der Waals surface area (Å²) in [5.74, 6) is -0.833. The van der Waals surface area contributed by atoms with Gasteiger partial charge in [0, 0.05) is 49.6 Å². The normalized spacial score (nSPS) is 12.1. The number of fused-ring (bicyclic) bond motifs is 1. The van der Waals surface area contributed by atoms with Gasteiger partial charge in [0.2, 0.25) is 5.91 Å². The van der Waals surface area contributed by atoms with Crippen LogP contribution in [0, 0.1) is 19.7 Å². The number of methoxy groups -OCH3 is 1. The number of carbonyl (C=O) groups is 1. The molecule has 0 saturated carbocycles. The summed E-state index contributed by atoms with van der Waals surface area (Å²) in [7, 11) is 1.60. The molecule has 176 valence electrons. The van der Waals surface area contributed by atoms with Gasteiger partial charge in [-0.2, -0.15) is 0 Å². The molecule has 0 bridgehead atoms. The summed E-state index contributed by atoms with van der Waals surface area (Å²) in [6, 6.07) is 21.7. The fraction of sp³-hybridized carbons (Fsp3) is 0.276. The Hall–Kier alpha value is -3.44. The first-order chi connectivity index (χ1) is 16.5. The standard InChI is InChI=1S/C29H31FN2O2/c1-20-8-11-22(12-9-20)18-32-19-26(23-6-4-5-7-28(23)32)24(17-29(33)31-14-15-34-3)25-16-21(2)10-13-27(25)30/h4-13,16,19,24H,14-15,17-18H2,1-3H3,(H,31,33)/t24-/m0/s1. The summed E-state index contributed by atoms with van der Waals surface area (Å²) in [5, 5.41) is 3.93. The number of aromatic nitrogens is 1. The van der Waals surface area contributed by atoms with E-state index in [1.54, 1.807) is 13.2 Å². The van der Waals surface area contributed by atoms with Crippen LogP contribution in [-0.4, -0.2) is 30.7 Å². The lowest BCUT2D eigenvalue weighted by atomic mass is 9.87.